The van der Waals surface area contributed by atoms with Crippen molar-refractivity contribution in [3.63, 3.8) is 0 Å². The first-order valence-electron chi connectivity index (χ1n) is 7.98. The van der Waals surface area contributed by atoms with Crippen molar-refractivity contribution in [2.75, 3.05) is 0 Å². The van der Waals surface area contributed by atoms with E-state index in [0.717, 1.165) is 15.7 Å². The molecule has 1 saturated heterocycles. The van der Waals surface area contributed by atoms with Crippen molar-refractivity contribution < 1.29 is 9.21 Å². The Bertz CT molecular complexity index is 1090. The van der Waals surface area contributed by atoms with Crippen LogP contribution in [0.3, 0.4) is 0 Å². The summed E-state index contributed by atoms with van der Waals surface area (Å²) in [5.74, 6) is 1.08. The molecule has 1 aliphatic rings. The van der Waals surface area contributed by atoms with Crippen LogP contribution in [0.5, 0.6) is 0 Å². The molecule has 3 aromatic rings. The highest BCUT2D eigenvalue weighted by Crippen LogP contribution is 2.31. The van der Waals surface area contributed by atoms with E-state index in [1.807, 2.05) is 60.7 Å². The lowest BCUT2D eigenvalue weighted by Crippen LogP contribution is -2.19. The fourth-order valence-corrected chi connectivity index (χ4v) is 3.90. The lowest BCUT2D eigenvalue weighted by Gasteiger charge is -1.97. The molecular weight excluding hydrogens is 448 g/mol. The van der Waals surface area contributed by atoms with Gasteiger partial charge in [-0.05, 0) is 54.2 Å². The fourth-order valence-electron chi connectivity index (χ4n) is 2.50. The SMILES string of the molecule is O=C1NC(=Nc2cccc(Br)c2)S/C1=C\c1ccc(-c2cccc(Cl)c2)o1. The molecule has 1 fully saturated rings. The fraction of sp³-hybridized carbons (Fsp3) is 0. The number of halogens is 2. The van der Waals surface area contributed by atoms with E-state index in [4.69, 9.17) is 16.0 Å². The number of hydrogen-bond donors (Lipinski definition) is 1. The van der Waals surface area contributed by atoms with E-state index in [1.54, 1.807) is 6.08 Å². The summed E-state index contributed by atoms with van der Waals surface area (Å²) in [5, 5.41) is 3.94. The number of nitrogens with zero attached hydrogens (tertiary/aromatic N) is 1. The maximum Gasteiger partial charge on any atom is 0.264 e. The molecule has 2 heterocycles. The van der Waals surface area contributed by atoms with Crippen LogP contribution >= 0.6 is 39.3 Å². The number of benzene rings is 2. The van der Waals surface area contributed by atoms with Gasteiger partial charge in [0, 0.05) is 21.1 Å². The molecule has 4 nitrogen and oxygen atoms in total. The van der Waals surface area contributed by atoms with Gasteiger partial charge >= 0.3 is 0 Å². The number of carbonyl (C=O) groups excluding carboxylic acids is 1. The van der Waals surface area contributed by atoms with E-state index >= 15 is 0 Å². The summed E-state index contributed by atoms with van der Waals surface area (Å²) >= 11 is 10.7. The second-order valence-electron chi connectivity index (χ2n) is 5.67. The maximum atomic E-state index is 12.2. The van der Waals surface area contributed by atoms with Crippen LogP contribution in [0.1, 0.15) is 5.76 Å². The lowest BCUT2D eigenvalue weighted by atomic mass is 10.2. The lowest BCUT2D eigenvalue weighted by molar-refractivity contribution is -0.115. The van der Waals surface area contributed by atoms with Crippen LogP contribution in [0.25, 0.3) is 17.4 Å². The Kier molecular flexibility index (Phi) is 5.20. The van der Waals surface area contributed by atoms with E-state index in [2.05, 4.69) is 26.2 Å². The third-order valence-corrected chi connectivity index (χ3v) is 5.34. The number of rotatable bonds is 3. The van der Waals surface area contributed by atoms with E-state index in [0.29, 0.717) is 26.6 Å². The van der Waals surface area contributed by atoms with Gasteiger partial charge in [0.1, 0.15) is 11.5 Å². The normalized spacial score (nSPS) is 16.9. The minimum Gasteiger partial charge on any atom is -0.457 e. The minimum absolute atomic E-state index is 0.200. The summed E-state index contributed by atoms with van der Waals surface area (Å²) in [6.07, 6.45) is 1.71. The molecule has 0 spiro atoms. The molecule has 2 aromatic carbocycles. The first-order chi connectivity index (χ1) is 13.1. The molecule has 0 atom stereocenters. The summed E-state index contributed by atoms with van der Waals surface area (Å²) in [4.78, 5) is 17.2. The Labute approximate surface area is 173 Å². The Morgan fingerprint density at radius 1 is 1.11 bits per heavy atom. The van der Waals surface area contributed by atoms with E-state index in [-0.39, 0.29) is 5.91 Å². The van der Waals surface area contributed by atoms with Gasteiger partial charge in [0.2, 0.25) is 0 Å². The van der Waals surface area contributed by atoms with Crippen molar-refractivity contribution in [1.29, 1.82) is 0 Å². The number of thioether (sulfide) groups is 1. The third kappa shape index (κ3) is 4.35. The minimum atomic E-state index is -0.200. The summed E-state index contributed by atoms with van der Waals surface area (Å²) in [5.41, 5.74) is 1.64. The van der Waals surface area contributed by atoms with Crippen molar-refractivity contribution in [2.45, 2.75) is 0 Å². The van der Waals surface area contributed by atoms with Crippen molar-refractivity contribution in [2.24, 2.45) is 4.99 Å². The molecule has 1 N–H and O–H groups in total. The Morgan fingerprint density at radius 3 is 2.78 bits per heavy atom. The average molecular weight is 460 g/mol. The number of furan rings is 1. The highest BCUT2D eigenvalue weighted by atomic mass is 79.9. The van der Waals surface area contributed by atoms with Crippen LogP contribution in [0.2, 0.25) is 5.02 Å². The van der Waals surface area contributed by atoms with Crippen LogP contribution in [0, 0.1) is 0 Å². The topological polar surface area (TPSA) is 54.6 Å². The number of carbonyl (C=O) groups is 1. The first-order valence-corrected chi connectivity index (χ1v) is 9.96. The van der Waals surface area contributed by atoms with Gasteiger partial charge in [-0.25, -0.2) is 4.99 Å². The monoisotopic (exact) mass is 458 g/mol. The molecule has 0 aliphatic carbocycles. The first kappa shape index (κ1) is 18.1. The molecule has 1 aromatic heterocycles. The van der Waals surface area contributed by atoms with Gasteiger partial charge < -0.3 is 9.73 Å². The summed E-state index contributed by atoms with van der Waals surface area (Å²) in [6, 6.07) is 18.7. The summed E-state index contributed by atoms with van der Waals surface area (Å²) in [6.45, 7) is 0. The van der Waals surface area contributed by atoms with Crippen molar-refractivity contribution in [3.8, 4) is 11.3 Å². The molecule has 27 heavy (non-hydrogen) atoms. The van der Waals surface area contributed by atoms with E-state index < -0.39 is 0 Å². The molecule has 1 amide bonds. The van der Waals surface area contributed by atoms with Gasteiger partial charge in [-0.15, -0.1) is 0 Å². The highest BCUT2D eigenvalue weighted by molar-refractivity contribution is 9.10. The number of hydrogen-bond acceptors (Lipinski definition) is 4. The maximum absolute atomic E-state index is 12.2. The van der Waals surface area contributed by atoms with Gasteiger partial charge in [-0.3, -0.25) is 4.79 Å². The number of nitrogens with one attached hydrogen (secondary N) is 1. The van der Waals surface area contributed by atoms with Gasteiger partial charge in [-0.2, -0.15) is 0 Å². The molecule has 4 rings (SSSR count). The molecule has 0 unspecified atom stereocenters. The molecule has 0 radical (unpaired) electrons. The van der Waals surface area contributed by atoms with Gasteiger partial charge in [0.05, 0.1) is 10.6 Å². The number of aliphatic imine (C=N–C) groups is 1. The predicted octanol–water partition coefficient (Wildman–Crippen LogP) is 6.25. The Balaban J connectivity index is 1.55. The molecule has 134 valence electrons. The summed E-state index contributed by atoms with van der Waals surface area (Å²) in [7, 11) is 0. The second kappa shape index (κ2) is 7.76. The quantitative estimate of drug-likeness (QED) is 0.471. The average Bonchev–Trinajstić information content (AvgIpc) is 3.22. The van der Waals surface area contributed by atoms with Crippen LogP contribution in [-0.4, -0.2) is 11.1 Å². The molecule has 0 bridgehead atoms. The standard InChI is InChI=1S/C20H12BrClN2O2S/c21-13-4-2-6-15(10-13)23-20-24-19(25)18(27-20)11-16-7-8-17(26-16)12-3-1-5-14(22)9-12/h1-11H,(H,23,24,25)/b18-11-. The van der Waals surface area contributed by atoms with Crippen molar-refractivity contribution >= 4 is 62.1 Å². The second-order valence-corrected chi connectivity index (χ2v) is 8.06. The summed E-state index contributed by atoms with van der Waals surface area (Å²) < 4.78 is 6.76. The predicted molar refractivity (Wildman–Crippen MR) is 114 cm³/mol. The number of amidine groups is 1. The zero-order chi connectivity index (χ0) is 18.8. The zero-order valence-electron chi connectivity index (χ0n) is 13.8. The van der Waals surface area contributed by atoms with Crippen LogP contribution < -0.4 is 5.32 Å². The van der Waals surface area contributed by atoms with E-state index in [1.165, 1.54) is 11.8 Å². The molecule has 0 saturated carbocycles. The Morgan fingerprint density at radius 2 is 1.96 bits per heavy atom. The Hall–Kier alpha value is -2.28. The third-order valence-electron chi connectivity index (χ3n) is 3.70. The highest BCUT2D eigenvalue weighted by Gasteiger charge is 2.24. The smallest absolute Gasteiger partial charge is 0.264 e. The largest absolute Gasteiger partial charge is 0.457 e. The molecular formula is C20H12BrClN2O2S. The van der Waals surface area contributed by atoms with Gasteiger partial charge in [0.15, 0.2) is 5.17 Å². The van der Waals surface area contributed by atoms with Gasteiger partial charge in [0.25, 0.3) is 5.91 Å². The van der Waals surface area contributed by atoms with Gasteiger partial charge in [-0.1, -0.05) is 45.7 Å². The molecule has 1 aliphatic heterocycles. The van der Waals surface area contributed by atoms with Crippen LogP contribution in [0.4, 0.5) is 5.69 Å². The zero-order valence-corrected chi connectivity index (χ0v) is 16.9. The van der Waals surface area contributed by atoms with Crippen molar-refractivity contribution in [3.05, 3.63) is 80.8 Å². The molecule has 7 heteroatoms. The van der Waals surface area contributed by atoms with Crippen molar-refractivity contribution in [1.82, 2.24) is 5.32 Å². The van der Waals surface area contributed by atoms with Crippen LogP contribution in [0.15, 0.2) is 79.5 Å². The number of amides is 1. The van der Waals surface area contributed by atoms with E-state index in [9.17, 15) is 4.79 Å². The van der Waals surface area contributed by atoms with Crippen LogP contribution in [-0.2, 0) is 4.79 Å².